The number of nitrogens with one attached hydrogen (secondary N) is 1. The van der Waals surface area contributed by atoms with Crippen molar-refractivity contribution in [3.05, 3.63) is 30.1 Å². The standard InChI is InChI=1S/C12H17FN2O2/c1-14-6-7-15(2)12(16)9-17-11-5-3-4-10(13)8-11/h3-5,8,14H,6-7,9H2,1-2H3. The van der Waals surface area contributed by atoms with Crippen molar-refractivity contribution < 1.29 is 13.9 Å². The maximum absolute atomic E-state index is 12.8. The SMILES string of the molecule is CNCCN(C)C(=O)COc1cccc(F)c1. The van der Waals surface area contributed by atoms with Gasteiger partial charge in [-0.15, -0.1) is 0 Å². The molecule has 1 amide bonds. The molecule has 0 spiro atoms. The number of benzene rings is 1. The van der Waals surface area contributed by atoms with Gasteiger partial charge in [-0.3, -0.25) is 4.79 Å². The van der Waals surface area contributed by atoms with Gasteiger partial charge in [-0.1, -0.05) is 6.07 Å². The van der Waals surface area contributed by atoms with E-state index in [4.69, 9.17) is 4.74 Å². The van der Waals surface area contributed by atoms with E-state index in [9.17, 15) is 9.18 Å². The molecular formula is C12H17FN2O2. The summed E-state index contributed by atoms with van der Waals surface area (Å²) in [6, 6.07) is 5.73. The maximum Gasteiger partial charge on any atom is 0.260 e. The van der Waals surface area contributed by atoms with E-state index in [1.54, 1.807) is 24.1 Å². The van der Waals surface area contributed by atoms with E-state index < -0.39 is 0 Å². The van der Waals surface area contributed by atoms with Crippen LogP contribution in [0.4, 0.5) is 4.39 Å². The van der Waals surface area contributed by atoms with Gasteiger partial charge in [-0.25, -0.2) is 4.39 Å². The normalized spacial score (nSPS) is 10.1. The molecule has 94 valence electrons. The zero-order valence-corrected chi connectivity index (χ0v) is 10.1. The minimum absolute atomic E-state index is 0.0797. The summed E-state index contributed by atoms with van der Waals surface area (Å²) in [4.78, 5) is 13.2. The Morgan fingerprint density at radius 1 is 1.53 bits per heavy atom. The van der Waals surface area contributed by atoms with Gasteiger partial charge in [-0.05, 0) is 19.2 Å². The summed E-state index contributed by atoms with van der Waals surface area (Å²) < 4.78 is 18.0. The lowest BCUT2D eigenvalue weighted by Gasteiger charge is -2.17. The average molecular weight is 240 g/mol. The van der Waals surface area contributed by atoms with Crippen LogP contribution in [0, 0.1) is 5.82 Å². The molecule has 0 aliphatic rings. The third kappa shape index (κ3) is 4.82. The molecule has 0 unspecified atom stereocenters. The van der Waals surface area contributed by atoms with Crippen molar-refractivity contribution in [3.8, 4) is 5.75 Å². The first-order valence-electron chi connectivity index (χ1n) is 5.40. The van der Waals surface area contributed by atoms with Gasteiger partial charge in [-0.2, -0.15) is 0 Å². The van der Waals surface area contributed by atoms with Gasteiger partial charge in [0.15, 0.2) is 6.61 Å². The number of ether oxygens (including phenoxy) is 1. The number of nitrogens with zero attached hydrogens (tertiary/aromatic N) is 1. The zero-order chi connectivity index (χ0) is 12.7. The quantitative estimate of drug-likeness (QED) is 0.802. The molecule has 0 aromatic heterocycles. The van der Waals surface area contributed by atoms with Crippen molar-refractivity contribution in [2.75, 3.05) is 33.8 Å². The molecule has 1 rings (SSSR count). The molecule has 0 saturated carbocycles. The largest absolute Gasteiger partial charge is 0.484 e. The molecular weight excluding hydrogens is 223 g/mol. The second-order valence-electron chi connectivity index (χ2n) is 3.66. The Balaban J connectivity index is 2.37. The summed E-state index contributed by atoms with van der Waals surface area (Å²) >= 11 is 0. The number of carbonyl (C=O) groups is 1. The maximum atomic E-state index is 12.8. The number of carbonyl (C=O) groups excluding carboxylic acids is 1. The van der Waals surface area contributed by atoms with Crippen molar-refractivity contribution in [2.45, 2.75) is 0 Å². The third-order valence-corrected chi connectivity index (χ3v) is 2.28. The molecule has 0 fully saturated rings. The minimum Gasteiger partial charge on any atom is -0.484 e. The average Bonchev–Trinajstić information content (AvgIpc) is 2.33. The lowest BCUT2D eigenvalue weighted by Crippen LogP contribution is -2.35. The topological polar surface area (TPSA) is 41.6 Å². The van der Waals surface area contributed by atoms with E-state index in [2.05, 4.69) is 5.32 Å². The van der Waals surface area contributed by atoms with E-state index >= 15 is 0 Å². The summed E-state index contributed by atoms with van der Waals surface area (Å²) in [5.74, 6) is -0.150. The van der Waals surface area contributed by atoms with E-state index in [1.807, 2.05) is 7.05 Å². The van der Waals surface area contributed by atoms with Crippen LogP contribution >= 0.6 is 0 Å². The Kier molecular flexibility index (Phi) is 5.42. The van der Waals surface area contributed by atoms with Crippen molar-refractivity contribution in [2.24, 2.45) is 0 Å². The van der Waals surface area contributed by atoms with Gasteiger partial charge in [0, 0.05) is 26.2 Å². The highest BCUT2D eigenvalue weighted by Gasteiger charge is 2.08. The predicted molar refractivity (Wildman–Crippen MR) is 63.5 cm³/mol. The van der Waals surface area contributed by atoms with Gasteiger partial charge in [0.05, 0.1) is 0 Å². The Morgan fingerprint density at radius 3 is 2.94 bits per heavy atom. The second-order valence-corrected chi connectivity index (χ2v) is 3.66. The molecule has 0 heterocycles. The van der Waals surface area contributed by atoms with Gasteiger partial charge >= 0.3 is 0 Å². The molecule has 0 radical (unpaired) electrons. The van der Waals surface area contributed by atoms with Crippen LogP contribution in [0.15, 0.2) is 24.3 Å². The highest BCUT2D eigenvalue weighted by molar-refractivity contribution is 5.77. The molecule has 0 bridgehead atoms. The monoisotopic (exact) mass is 240 g/mol. The second kappa shape index (κ2) is 6.85. The molecule has 0 atom stereocenters. The fourth-order valence-corrected chi connectivity index (χ4v) is 1.22. The molecule has 0 aliphatic carbocycles. The third-order valence-electron chi connectivity index (χ3n) is 2.28. The first-order chi connectivity index (χ1) is 8.13. The number of hydrogen-bond donors (Lipinski definition) is 1. The molecule has 1 aromatic carbocycles. The zero-order valence-electron chi connectivity index (χ0n) is 10.1. The summed E-state index contributed by atoms with van der Waals surface area (Å²) in [5.41, 5.74) is 0. The molecule has 0 saturated heterocycles. The van der Waals surface area contributed by atoms with Gasteiger partial charge in [0.2, 0.25) is 0 Å². The van der Waals surface area contributed by atoms with Crippen molar-refractivity contribution in [1.82, 2.24) is 10.2 Å². The Bertz CT molecular complexity index is 371. The first-order valence-corrected chi connectivity index (χ1v) is 5.40. The van der Waals surface area contributed by atoms with Crippen molar-refractivity contribution in [3.63, 3.8) is 0 Å². The lowest BCUT2D eigenvalue weighted by molar-refractivity contribution is -0.132. The van der Waals surface area contributed by atoms with E-state index in [-0.39, 0.29) is 18.3 Å². The van der Waals surface area contributed by atoms with Crippen LogP contribution in [0.3, 0.4) is 0 Å². The Labute approximate surface area is 100 Å². The Hall–Kier alpha value is -1.62. The molecule has 1 N–H and O–H groups in total. The van der Waals surface area contributed by atoms with Crippen molar-refractivity contribution >= 4 is 5.91 Å². The number of hydrogen-bond acceptors (Lipinski definition) is 3. The van der Waals surface area contributed by atoms with Gasteiger partial charge in [0.25, 0.3) is 5.91 Å². The van der Waals surface area contributed by atoms with Gasteiger partial charge in [0.1, 0.15) is 11.6 Å². The number of rotatable bonds is 6. The minimum atomic E-state index is -0.376. The summed E-state index contributed by atoms with van der Waals surface area (Å²) in [5, 5.41) is 2.95. The molecule has 0 aliphatic heterocycles. The predicted octanol–water partition coefficient (Wildman–Crippen LogP) is 0.882. The van der Waals surface area contributed by atoms with E-state index in [1.165, 1.54) is 12.1 Å². The van der Waals surface area contributed by atoms with Crippen LogP contribution in [0.2, 0.25) is 0 Å². The van der Waals surface area contributed by atoms with Gasteiger partial charge < -0.3 is 15.0 Å². The summed E-state index contributed by atoms with van der Waals surface area (Å²) in [6.45, 7) is 1.26. The highest BCUT2D eigenvalue weighted by atomic mass is 19.1. The van der Waals surface area contributed by atoms with Crippen LogP contribution in [-0.2, 0) is 4.79 Å². The lowest BCUT2D eigenvalue weighted by atomic mass is 10.3. The number of amides is 1. The summed E-state index contributed by atoms with van der Waals surface area (Å²) in [7, 11) is 3.52. The van der Waals surface area contributed by atoms with Crippen LogP contribution < -0.4 is 10.1 Å². The van der Waals surface area contributed by atoms with Crippen LogP contribution in [0.1, 0.15) is 0 Å². The van der Waals surface area contributed by atoms with Crippen LogP contribution in [-0.4, -0.2) is 44.6 Å². The fraction of sp³-hybridized carbons (Fsp3) is 0.417. The molecule has 1 aromatic rings. The van der Waals surface area contributed by atoms with Crippen molar-refractivity contribution in [1.29, 1.82) is 0 Å². The first kappa shape index (κ1) is 13.4. The molecule has 5 heteroatoms. The van der Waals surface area contributed by atoms with E-state index in [0.29, 0.717) is 12.3 Å². The summed E-state index contributed by atoms with van der Waals surface area (Å²) in [6.07, 6.45) is 0. The van der Waals surface area contributed by atoms with Crippen LogP contribution in [0.5, 0.6) is 5.75 Å². The number of likely N-dealkylation sites (N-methyl/N-ethyl adjacent to an activating group) is 2. The van der Waals surface area contributed by atoms with Crippen LogP contribution in [0.25, 0.3) is 0 Å². The number of halogens is 1. The fourth-order valence-electron chi connectivity index (χ4n) is 1.22. The Morgan fingerprint density at radius 2 is 2.29 bits per heavy atom. The molecule has 17 heavy (non-hydrogen) atoms. The highest BCUT2D eigenvalue weighted by Crippen LogP contribution is 2.11. The smallest absolute Gasteiger partial charge is 0.260 e. The van der Waals surface area contributed by atoms with E-state index in [0.717, 1.165) is 6.54 Å². The molecule has 4 nitrogen and oxygen atoms in total.